The van der Waals surface area contributed by atoms with Crippen LogP contribution >= 0.6 is 0 Å². The van der Waals surface area contributed by atoms with E-state index in [1.165, 1.54) is 8.61 Å². The van der Waals surface area contributed by atoms with E-state index in [0.29, 0.717) is 0 Å². The minimum absolute atomic E-state index is 0.173. The van der Waals surface area contributed by atoms with Crippen LogP contribution in [-0.2, 0) is 39.0 Å². The van der Waals surface area contributed by atoms with Gasteiger partial charge in [0, 0.05) is 26.2 Å². The highest BCUT2D eigenvalue weighted by molar-refractivity contribution is 7.89. The Morgan fingerprint density at radius 3 is 1.32 bits per heavy atom. The number of aryl methyl sites for hydroxylation is 2. The van der Waals surface area contributed by atoms with Crippen LogP contribution in [0.4, 0.5) is 0 Å². The maximum Gasteiger partial charge on any atom is 0.243 e. The third kappa shape index (κ3) is 8.80. The minimum Gasteiger partial charge on any atom is -0.378 e. The summed E-state index contributed by atoms with van der Waals surface area (Å²) in [7, 11) is -7.45. The van der Waals surface area contributed by atoms with Crippen LogP contribution in [0.15, 0.2) is 58.3 Å². The zero-order valence-electron chi connectivity index (χ0n) is 23.9. The molecule has 41 heavy (non-hydrogen) atoms. The van der Waals surface area contributed by atoms with E-state index in [0.717, 1.165) is 30.4 Å². The number of sulfonamides is 2. The smallest absolute Gasteiger partial charge is 0.243 e. The van der Waals surface area contributed by atoms with E-state index in [4.69, 9.17) is 18.9 Å². The Balaban J connectivity index is 1.43. The summed E-state index contributed by atoms with van der Waals surface area (Å²) >= 11 is 0. The van der Waals surface area contributed by atoms with E-state index in [2.05, 4.69) is 0 Å². The lowest BCUT2D eigenvalue weighted by atomic mass is 10.2. The summed E-state index contributed by atoms with van der Waals surface area (Å²) in [5.41, 5.74) is 1.97. The molecule has 0 aromatic heterocycles. The topological polar surface area (TPSA) is 112 Å². The van der Waals surface area contributed by atoms with Crippen LogP contribution in [-0.4, -0.2) is 103 Å². The highest BCUT2D eigenvalue weighted by Gasteiger charge is 2.31. The molecule has 1 saturated heterocycles. The lowest BCUT2D eigenvalue weighted by molar-refractivity contribution is -0.0601. The van der Waals surface area contributed by atoms with Gasteiger partial charge in [-0.1, -0.05) is 35.4 Å². The van der Waals surface area contributed by atoms with E-state index < -0.39 is 20.0 Å². The standard InChI is InChI=1S/C29H42N2O8S2/c1-24-6-10-26(11-7-24)40(32,33)30-14-18-36-22-23-37-19-15-31(41(34,35)27-12-8-25(2)9-13-27)17-21-39-29-5-3-4-28(29)38-20-16-30/h6-13,28-29H,3-5,14-23H2,1-2H3. The molecule has 0 spiro atoms. The van der Waals surface area contributed by atoms with Crippen molar-refractivity contribution in [3.05, 3.63) is 59.7 Å². The molecule has 2 aromatic rings. The minimum atomic E-state index is -3.73. The molecule has 1 aliphatic heterocycles. The van der Waals surface area contributed by atoms with Crippen molar-refractivity contribution in [2.24, 2.45) is 0 Å². The molecule has 2 atom stereocenters. The van der Waals surface area contributed by atoms with Gasteiger partial charge in [0.05, 0.1) is 61.6 Å². The van der Waals surface area contributed by atoms with Crippen LogP contribution in [0.2, 0.25) is 0 Å². The fourth-order valence-electron chi connectivity index (χ4n) is 4.96. The molecule has 1 saturated carbocycles. The summed E-state index contributed by atoms with van der Waals surface area (Å²) in [6, 6.07) is 13.6. The van der Waals surface area contributed by atoms with Gasteiger partial charge in [0.25, 0.3) is 0 Å². The van der Waals surface area contributed by atoms with Crippen molar-refractivity contribution in [1.82, 2.24) is 8.61 Å². The van der Waals surface area contributed by atoms with Crippen LogP contribution in [0.3, 0.4) is 0 Å². The Bertz CT molecular complexity index is 1200. The molecule has 4 rings (SSSR count). The molecule has 12 heteroatoms. The van der Waals surface area contributed by atoms with Crippen molar-refractivity contribution in [3.63, 3.8) is 0 Å². The molecule has 10 nitrogen and oxygen atoms in total. The lowest BCUT2D eigenvalue weighted by Crippen LogP contribution is -2.39. The fourth-order valence-corrected chi connectivity index (χ4v) is 7.78. The Labute approximate surface area is 244 Å². The third-order valence-corrected chi connectivity index (χ3v) is 11.2. The van der Waals surface area contributed by atoms with Gasteiger partial charge in [0.2, 0.25) is 20.0 Å². The molecular formula is C29H42N2O8S2. The molecule has 1 heterocycles. The van der Waals surface area contributed by atoms with E-state index >= 15 is 0 Å². The van der Waals surface area contributed by atoms with Crippen LogP contribution in [0.25, 0.3) is 0 Å². The van der Waals surface area contributed by atoms with E-state index in [9.17, 15) is 16.8 Å². The molecule has 1 aliphatic carbocycles. The van der Waals surface area contributed by atoms with Crippen molar-refractivity contribution in [1.29, 1.82) is 0 Å². The Hall–Kier alpha value is -1.90. The second kappa shape index (κ2) is 15.0. The van der Waals surface area contributed by atoms with Gasteiger partial charge < -0.3 is 18.9 Å². The molecule has 0 N–H and O–H groups in total. The molecule has 0 radical (unpaired) electrons. The number of fused-ring (bicyclic) bond motifs is 1. The van der Waals surface area contributed by atoms with Crippen molar-refractivity contribution < 1.29 is 35.8 Å². The summed E-state index contributed by atoms with van der Waals surface area (Å²) in [6.45, 7) is 5.87. The van der Waals surface area contributed by atoms with Crippen LogP contribution in [0.5, 0.6) is 0 Å². The average Bonchev–Trinajstić information content (AvgIpc) is 3.39. The van der Waals surface area contributed by atoms with Gasteiger partial charge in [-0.15, -0.1) is 0 Å². The number of benzene rings is 2. The molecule has 0 bridgehead atoms. The van der Waals surface area contributed by atoms with Gasteiger partial charge in [-0.05, 0) is 57.4 Å². The van der Waals surface area contributed by atoms with E-state index in [-0.39, 0.29) is 87.8 Å². The van der Waals surface area contributed by atoms with Crippen LogP contribution in [0.1, 0.15) is 30.4 Å². The summed E-state index contributed by atoms with van der Waals surface area (Å²) in [5, 5.41) is 0. The lowest BCUT2D eigenvalue weighted by Gasteiger charge is -2.27. The second-order valence-electron chi connectivity index (χ2n) is 10.4. The first-order valence-corrected chi connectivity index (χ1v) is 17.1. The Morgan fingerprint density at radius 2 is 0.927 bits per heavy atom. The van der Waals surface area contributed by atoms with Gasteiger partial charge in [0.15, 0.2) is 0 Å². The van der Waals surface area contributed by atoms with Crippen molar-refractivity contribution in [2.45, 2.75) is 55.1 Å². The molecular weight excluding hydrogens is 568 g/mol. The maximum atomic E-state index is 13.4. The van der Waals surface area contributed by atoms with Crippen LogP contribution in [0, 0.1) is 13.8 Å². The summed E-state index contributed by atoms with van der Waals surface area (Å²) in [6.07, 6.45) is 2.17. The number of hydrogen-bond donors (Lipinski definition) is 0. The monoisotopic (exact) mass is 610 g/mol. The predicted octanol–water partition coefficient (Wildman–Crippen LogP) is 2.99. The molecule has 2 aliphatic rings. The van der Waals surface area contributed by atoms with Crippen molar-refractivity contribution in [2.75, 3.05) is 65.8 Å². The zero-order valence-corrected chi connectivity index (χ0v) is 25.6. The van der Waals surface area contributed by atoms with E-state index in [1.54, 1.807) is 48.5 Å². The first-order valence-electron chi connectivity index (χ1n) is 14.2. The Morgan fingerprint density at radius 1 is 0.561 bits per heavy atom. The second-order valence-corrected chi connectivity index (χ2v) is 14.3. The van der Waals surface area contributed by atoms with Gasteiger partial charge >= 0.3 is 0 Å². The largest absolute Gasteiger partial charge is 0.378 e. The van der Waals surface area contributed by atoms with Crippen LogP contribution < -0.4 is 0 Å². The number of hydrogen-bond acceptors (Lipinski definition) is 8. The number of rotatable bonds is 4. The molecule has 2 fully saturated rings. The third-order valence-electron chi connectivity index (χ3n) is 7.40. The van der Waals surface area contributed by atoms with E-state index in [1.807, 2.05) is 13.8 Å². The zero-order chi connectivity index (χ0) is 29.3. The number of nitrogens with zero attached hydrogens (tertiary/aromatic N) is 2. The van der Waals surface area contributed by atoms with Crippen molar-refractivity contribution >= 4 is 20.0 Å². The maximum absolute atomic E-state index is 13.4. The molecule has 228 valence electrons. The quantitative estimate of drug-likeness (QED) is 0.520. The number of ether oxygens (including phenoxy) is 4. The molecule has 2 aromatic carbocycles. The molecule has 0 amide bonds. The average molecular weight is 611 g/mol. The summed E-state index contributed by atoms with van der Waals surface area (Å²) < 4.78 is 80.0. The van der Waals surface area contributed by atoms with Gasteiger partial charge in [-0.25, -0.2) is 16.8 Å². The highest BCUT2D eigenvalue weighted by atomic mass is 32.2. The van der Waals surface area contributed by atoms with Gasteiger partial charge in [-0.2, -0.15) is 8.61 Å². The first-order chi connectivity index (χ1) is 19.7. The highest BCUT2D eigenvalue weighted by Crippen LogP contribution is 2.26. The van der Waals surface area contributed by atoms with Gasteiger partial charge in [-0.3, -0.25) is 0 Å². The SMILES string of the molecule is Cc1ccc(S(=O)(=O)N2CCOCCOCCN(S(=O)(=O)c3ccc(C)cc3)CCOC3CCCC3OCC2)cc1. The summed E-state index contributed by atoms with van der Waals surface area (Å²) in [5.74, 6) is 0. The Kier molecular flexibility index (Phi) is 11.7. The van der Waals surface area contributed by atoms with Gasteiger partial charge in [0.1, 0.15) is 0 Å². The predicted molar refractivity (Wildman–Crippen MR) is 155 cm³/mol. The van der Waals surface area contributed by atoms with Crippen molar-refractivity contribution in [3.8, 4) is 0 Å². The normalized spacial score (nSPS) is 23.9. The first kappa shape index (κ1) is 32.0. The molecule has 2 unspecified atom stereocenters. The fraction of sp³-hybridized carbons (Fsp3) is 0.586. The summed E-state index contributed by atoms with van der Waals surface area (Å²) in [4.78, 5) is 0.474.